The third kappa shape index (κ3) is 7.82. The molecule has 2 aromatic carbocycles. The first-order valence-electron chi connectivity index (χ1n) is 10.4. The van der Waals surface area contributed by atoms with Crippen molar-refractivity contribution in [3.63, 3.8) is 0 Å². The van der Waals surface area contributed by atoms with E-state index < -0.39 is 41.3 Å². The highest BCUT2D eigenvalue weighted by atomic mass is 19.1. The Morgan fingerprint density at radius 1 is 1.06 bits per heavy atom. The van der Waals surface area contributed by atoms with E-state index in [-0.39, 0.29) is 19.8 Å². The van der Waals surface area contributed by atoms with Crippen LogP contribution in [0.15, 0.2) is 48.5 Å². The Bertz CT molecular complexity index is 988. The number of hydrogen-bond acceptors (Lipinski definition) is 6. The van der Waals surface area contributed by atoms with Crippen molar-refractivity contribution < 1.29 is 38.5 Å². The third-order valence-corrected chi connectivity index (χ3v) is 4.93. The number of hydrogen-bond donors (Lipinski definition) is 3. The molecule has 2 amide bonds. The number of carboxylic acid groups (broad SMARTS) is 1. The normalized spacial score (nSPS) is 13.1. The lowest BCUT2D eigenvalue weighted by Gasteiger charge is -2.25. The molecule has 0 bridgehead atoms. The lowest BCUT2D eigenvalue weighted by atomic mass is 9.90. The Balaban J connectivity index is 2.00. The molecule has 0 aromatic heterocycles. The van der Waals surface area contributed by atoms with E-state index in [9.17, 15) is 29.0 Å². The Labute approximate surface area is 196 Å². The molecule has 2 atom stereocenters. The minimum atomic E-state index is -1.30. The van der Waals surface area contributed by atoms with Crippen LogP contribution in [-0.4, -0.2) is 65.0 Å². The van der Waals surface area contributed by atoms with Gasteiger partial charge < -0.3 is 25.4 Å². The molecular weight excluding hydrogens is 447 g/mol. The lowest BCUT2D eigenvalue weighted by molar-refractivity contribution is -0.145. The average molecular weight is 477 g/mol. The molecule has 0 aliphatic carbocycles. The van der Waals surface area contributed by atoms with Gasteiger partial charge in [0, 0.05) is 7.05 Å². The molecule has 0 spiro atoms. The Morgan fingerprint density at radius 3 is 2.06 bits per heavy atom. The van der Waals surface area contributed by atoms with E-state index in [2.05, 4.69) is 0 Å². The van der Waals surface area contributed by atoms with Gasteiger partial charge in [-0.1, -0.05) is 36.4 Å². The molecule has 0 aliphatic rings. The van der Waals surface area contributed by atoms with Gasteiger partial charge >= 0.3 is 12.1 Å². The van der Waals surface area contributed by atoms with Crippen molar-refractivity contribution in [1.29, 1.82) is 0 Å². The Kier molecular flexibility index (Phi) is 9.11. The first kappa shape index (κ1) is 26.7. The molecule has 10 heteroatoms. The summed E-state index contributed by atoms with van der Waals surface area (Å²) in [6.45, 7) is 2.46. The Morgan fingerprint density at radius 2 is 1.59 bits per heavy atom. The van der Waals surface area contributed by atoms with Crippen LogP contribution in [0.25, 0.3) is 0 Å². The van der Waals surface area contributed by atoms with Gasteiger partial charge in [-0.25, -0.2) is 14.0 Å². The Hall–Kier alpha value is -3.50. The van der Waals surface area contributed by atoms with E-state index in [1.54, 1.807) is 24.3 Å². The fourth-order valence-corrected chi connectivity index (χ4v) is 3.13. The van der Waals surface area contributed by atoms with E-state index >= 15 is 0 Å². The van der Waals surface area contributed by atoms with Crippen LogP contribution in [0.4, 0.5) is 9.18 Å². The van der Waals surface area contributed by atoms with Crippen LogP contribution >= 0.6 is 0 Å². The molecule has 4 N–H and O–H groups in total. The van der Waals surface area contributed by atoms with E-state index in [1.807, 2.05) is 0 Å². The maximum Gasteiger partial charge on any atom is 0.410 e. The molecule has 2 rings (SSSR count). The van der Waals surface area contributed by atoms with Gasteiger partial charge in [-0.3, -0.25) is 9.69 Å². The fourth-order valence-electron chi connectivity index (χ4n) is 3.13. The predicted molar refractivity (Wildman–Crippen MR) is 120 cm³/mol. The minimum Gasteiger partial charge on any atom is -0.480 e. The summed E-state index contributed by atoms with van der Waals surface area (Å²) in [5.41, 5.74) is 6.12. The number of likely N-dealkylation sites (N-methyl/N-ethyl adjacent to an activating group) is 1. The molecule has 0 aliphatic heterocycles. The molecule has 9 nitrogen and oxygen atoms in total. The summed E-state index contributed by atoms with van der Waals surface area (Å²) >= 11 is 0. The van der Waals surface area contributed by atoms with Gasteiger partial charge in [0.05, 0.1) is 24.7 Å². The van der Waals surface area contributed by atoms with Gasteiger partial charge in [0.2, 0.25) is 5.91 Å². The molecular formula is C24H29FN2O7. The van der Waals surface area contributed by atoms with Crippen LogP contribution in [0.2, 0.25) is 0 Å². The quantitative estimate of drug-likeness (QED) is 0.452. The first-order chi connectivity index (χ1) is 15.9. The third-order valence-electron chi connectivity index (χ3n) is 4.93. The molecule has 34 heavy (non-hydrogen) atoms. The zero-order valence-corrected chi connectivity index (χ0v) is 19.2. The van der Waals surface area contributed by atoms with Gasteiger partial charge in [-0.2, -0.15) is 0 Å². The van der Waals surface area contributed by atoms with Crippen LogP contribution in [0.5, 0.6) is 0 Å². The second-order valence-electron chi connectivity index (χ2n) is 8.48. The number of aliphatic hydroxyl groups is 1. The number of carboxylic acids is 1. The van der Waals surface area contributed by atoms with E-state index in [0.717, 1.165) is 4.90 Å². The number of benzene rings is 2. The number of carbonyl (C=O) groups is 3. The molecule has 184 valence electrons. The number of nitrogens with zero attached hydrogens (tertiary/aromatic N) is 1. The standard InChI is InChI=1S/C24H29FN2O7/c1-24(2,32)14-33-13-19(22(29)30)27(3)23(31)34-12-15-4-6-16(7-5-15)20(21(26)28)17-8-10-18(25)11-9-17/h4-11,19-20,32H,12-14H2,1-3H3,(H2,26,28)(H,29,30)/t19-,20?/m0/s1. The number of amides is 2. The van der Waals surface area contributed by atoms with Crippen molar-refractivity contribution in [2.75, 3.05) is 20.3 Å². The van der Waals surface area contributed by atoms with E-state index in [0.29, 0.717) is 16.7 Å². The van der Waals surface area contributed by atoms with Gasteiger partial charge in [-0.15, -0.1) is 0 Å². The van der Waals surface area contributed by atoms with Crippen molar-refractivity contribution >= 4 is 18.0 Å². The van der Waals surface area contributed by atoms with Gasteiger partial charge in [-0.05, 0) is 42.7 Å². The molecule has 0 saturated heterocycles. The summed E-state index contributed by atoms with van der Waals surface area (Å²) in [4.78, 5) is 36.8. The maximum atomic E-state index is 13.2. The number of aliphatic carboxylic acids is 1. The SMILES string of the molecule is CN(C(=O)OCc1ccc(C(C(N)=O)c2ccc(F)cc2)cc1)[C@@H](COCC(C)(C)O)C(=O)O. The molecule has 1 unspecified atom stereocenters. The molecule has 0 saturated carbocycles. The molecule has 0 fully saturated rings. The van der Waals surface area contributed by atoms with Crippen molar-refractivity contribution in [2.24, 2.45) is 5.73 Å². The van der Waals surface area contributed by atoms with Crippen LogP contribution in [-0.2, 0) is 25.7 Å². The second-order valence-corrected chi connectivity index (χ2v) is 8.48. The average Bonchev–Trinajstić information content (AvgIpc) is 2.76. The van der Waals surface area contributed by atoms with E-state index in [1.165, 1.54) is 45.2 Å². The van der Waals surface area contributed by atoms with Gasteiger partial charge in [0.15, 0.2) is 6.04 Å². The molecule has 0 radical (unpaired) electrons. The zero-order chi connectivity index (χ0) is 25.5. The summed E-state index contributed by atoms with van der Waals surface area (Å²) in [5.74, 6) is -3.08. The van der Waals surface area contributed by atoms with Crippen molar-refractivity contribution in [3.05, 3.63) is 71.0 Å². The highest BCUT2D eigenvalue weighted by Gasteiger charge is 2.29. The minimum absolute atomic E-state index is 0.101. The first-order valence-corrected chi connectivity index (χ1v) is 10.4. The lowest BCUT2D eigenvalue weighted by Crippen LogP contribution is -2.46. The maximum absolute atomic E-state index is 13.2. The number of halogens is 1. The topological polar surface area (TPSA) is 139 Å². The van der Waals surface area contributed by atoms with Gasteiger partial charge in [0.1, 0.15) is 12.4 Å². The summed E-state index contributed by atoms with van der Waals surface area (Å²) in [6, 6.07) is 10.7. The highest BCUT2D eigenvalue weighted by molar-refractivity contribution is 5.85. The zero-order valence-electron chi connectivity index (χ0n) is 19.2. The largest absolute Gasteiger partial charge is 0.480 e. The summed E-state index contributed by atoms with van der Waals surface area (Å²) < 4.78 is 23.6. The smallest absolute Gasteiger partial charge is 0.410 e. The summed E-state index contributed by atoms with van der Waals surface area (Å²) in [5, 5.41) is 19.1. The number of nitrogens with two attached hydrogens (primary N) is 1. The predicted octanol–water partition coefficient (Wildman–Crippen LogP) is 2.25. The van der Waals surface area contributed by atoms with Crippen LogP contribution in [0.1, 0.15) is 36.5 Å². The molecule has 2 aromatic rings. The summed E-state index contributed by atoms with van der Waals surface area (Å²) in [7, 11) is 1.28. The van der Waals surface area contributed by atoms with Crippen LogP contribution in [0.3, 0.4) is 0 Å². The van der Waals surface area contributed by atoms with Crippen molar-refractivity contribution in [2.45, 2.75) is 38.0 Å². The summed E-state index contributed by atoms with van der Waals surface area (Å²) in [6.07, 6.45) is -0.871. The van der Waals surface area contributed by atoms with E-state index in [4.69, 9.17) is 15.2 Å². The molecule has 0 heterocycles. The highest BCUT2D eigenvalue weighted by Crippen LogP contribution is 2.25. The number of ether oxygens (including phenoxy) is 2. The monoisotopic (exact) mass is 476 g/mol. The second kappa shape index (κ2) is 11.6. The van der Waals surface area contributed by atoms with Crippen molar-refractivity contribution in [1.82, 2.24) is 4.90 Å². The van der Waals surface area contributed by atoms with Crippen LogP contribution in [0, 0.1) is 5.82 Å². The van der Waals surface area contributed by atoms with Crippen LogP contribution < -0.4 is 5.73 Å². The number of rotatable bonds is 11. The number of carbonyl (C=O) groups excluding carboxylic acids is 2. The fraction of sp³-hybridized carbons (Fsp3) is 0.375. The van der Waals surface area contributed by atoms with Gasteiger partial charge in [0.25, 0.3) is 0 Å². The van der Waals surface area contributed by atoms with Crippen molar-refractivity contribution in [3.8, 4) is 0 Å². The number of primary amides is 1.